The van der Waals surface area contributed by atoms with Gasteiger partial charge >= 0.3 is 6.09 Å². The molecule has 2 bridgehead atoms. The van der Waals surface area contributed by atoms with Crippen molar-refractivity contribution in [3.05, 3.63) is 48.4 Å². The van der Waals surface area contributed by atoms with Crippen molar-refractivity contribution in [3.63, 3.8) is 0 Å². The van der Waals surface area contributed by atoms with Crippen LogP contribution in [0, 0.1) is 23.5 Å². The Kier molecular flexibility index (Phi) is 4.94. The maximum Gasteiger partial charge on any atom is 0.410 e. The Morgan fingerprint density at radius 1 is 1.15 bits per heavy atom. The molecule has 2 atom stereocenters. The second-order valence-corrected chi connectivity index (χ2v) is 9.56. The Morgan fingerprint density at radius 3 is 2.62 bits per heavy atom. The molecule has 34 heavy (non-hydrogen) atoms. The number of carbonyl (C=O) groups excluding carboxylic acids is 1. The number of piperidine rings is 1. The molecular weight excluding hydrogens is 446 g/mol. The van der Waals surface area contributed by atoms with Crippen molar-refractivity contribution in [2.45, 2.75) is 31.5 Å². The van der Waals surface area contributed by atoms with Crippen LogP contribution in [0.3, 0.4) is 0 Å². The normalized spacial score (nSPS) is 25.3. The van der Waals surface area contributed by atoms with E-state index in [9.17, 15) is 13.6 Å². The zero-order valence-corrected chi connectivity index (χ0v) is 18.6. The molecule has 4 heterocycles. The van der Waals surface area contributed by atoms with Gasteiger partial charge in [-0.25, -0.2) is 23.5 Å². The average molecular weight is 470 g/mol. The molecule has 0 spiro atoms. The number of aromatic nitrogens is 3. The van der Waals surface area contributed by atoms with E-state index >= 15 is 0 Å². The number of ether oxygens (including phenoxy) is 3. The van der Waals surface area contributed by atoms with Crippen LogP contribution >= 0.6 is 0 Å². The van der Waals surface area contributed by atoms with E-state index in [4.69, 9.17) is 14.2 Å². The summed E-state index contributed by atoms with van der Waals surface area (Å²) in [5.74, 6) is -1.02. The monoisotopic (exact) mass is 470 g/mol. The fourth-order valence-electron chi connectivity index (χ4n) is 4.82. The number of likely N-dealkylation sites (tertiary alicyclic amines) is 1. The van der Waals surface area contributed by atoms with E-state index in [1.54, 1.807) is 21.7 Å². The van der Waals surface area contributed by atoms with Gasteiger partial charge in [0.25, 0.3) is 0 Å². The molecule has 3 fully saturated rings. The van der Waals surface area contributed by atoms with Gasteiger partial charge in [0.15, 0.2) is 5.65 Å². The molecule has 2 aliphatic heterocycles. The maximum absolute atomic E-state index is 14.4. The minimum Gasteiger partial charge on any atom is -0.473 e. The van der Waals surface area contributed by atoms with Gasteiger partial charge in [0.05, 0.1) is 24.3 Å². The quantitative estimate of drug-likeness (QED) is 0.579. The van der Waals surface area contributed by atoms with Crippen LogP contribution < -0.4 is 4.74 Å². The topological polar surface area (TPSA) is 78.7 Å². The first kappa shape index (κ1) is 21.3. The van der Waals surface area contributed by atoms with E-state index in [1.165, 1.54) is 18.5 Å². The number of amides is 1. The van der Waals surface area contributed by atoms with Gasteiger partial charge in [0.1, 0.15) is 29.7 Å². The average Bonchev–Trinajstić information content (AvgIpc) is 3.35. The molecule has 1 amide bonds. The van der Waals surface area contributed by atoms with Crippen LogP contribution in [0.2, 0.25) is 0 Å². The second-order valence-electron chi connectivity index (χ2n) is 9.56. The lowest BCUT2D eigenvalue weighted by molar-refractivity contribution is -0.111. The Morgan fingerprint density at radius 2 is 1.91 bits per heavy atom. The largest absolute Gasteiger partial charge is 0.473 e. The lowest BCUT2D eigenvalue weighted by Gasteiger charge is -2.46. The second kappa shape index (κ2) is 7.90. The van der Waals surface area contributed by atoms with Crippen molar-refractivity contribution < 1.29 is 27.8 Å². The third-order valence-corrected chi connectivity index (χ3v) is 6.91. The first-order valence-electron chi connectivity index (χ1n) is 11.4. The van der Waals surface area contributed by atoms with Crippen molar-refractivity contribution >= 4 is 17.1 Å². The van der Waals surface area contributed by atoms with Crippen LogP contribution in [0.1, 0.15) is 19.8 Å². The molecule has 0 N–H and O–H groups in total. The number of rotatable bonds is 4. The number of carbonyl (C=O) groups is 1. The van der Waals surface area contributed by atoms with Gasteiger partial charge in [-0.15, -0.1) is 0 Å². The first-order chi connectivity index (χ1) is 16.4. The van der Waals surface area contributed by atoms with Crippen LogP contribution in [-0.4, -0.2) is 63.5 Å². The summed E-state index contributed by atoms with van der Waals surface area (Å²) in [6.45, 7) is 3.85. The van der Waals surface area contributed by atoms with E-state index in [0.29, 0.717) is 43.2 Å². The number of halogens is 2. The number of hydrogen-bond acceptors (Lipinski definition) is 6. The molecule has 10 heteroatoms. The number of nitrogens with zero attached hydrogens (tertiary/aromatic N) is 4. The number of hydrogen-bond donors (Lipinski definition) is 0. The van der Waals surface area contributed by atoms with Crippen LogP contribution in [0.15, 0.2) is 36.8 Å². The molecule has 8 nitrogen and oxygen atoms in total. The summed E-state index contributed by atoms with van der Waals surface area (Å²) in [6, 6.07) is 5.16. The van der Waals surface area contributed by atoms with Gasteiger partial charge in [0, 0.05) is 37.2 Å². The van der Waals surface area contributed by atoms with Crippen LogP contribution in [0.25, 0.3) is 16.7 Å². The molecule has 1 saturated carbocycles. The molecular formula is C24H24F2N4O4. The van der Waals surface area contributed by atoms with Gasteiger partial charge in [-0.2, -0.15) is 0 Å². The molecule has 2 aromatic heterocycles. The Labute approximate surface area is 194 Å². The Balaban J connectivity index is 1.25. The van der Waals surface area contributed by atoms with Crippen molar-refractivity contribution in [1.82, 2.24) is 19.4 Å². The summed E-state index contributed by atoms with van der Waals surface area (Å²) in [5.41, 5.74) is 0.317. The molecule has 1 aromatic carbocycles. The van der Waals surface area contributed by atoms with Crippen LogP contribution in [-0.2, 0) is 9.47 Å². The predicted octanol–water partition coefficient (Wildman–Crippen LogP) is 3.71. The van der Waals surface area contributed by atoms with E-state index in [2.05, 4.69) is 9.97 Å². The lowest BCUT2D eigenvalue weighted by atomic mass is 9.84. The highest BCUT2D eigenvalue weighted by Gasteiger charge is 2.47. The molecule has 178 valence electrons. The summed E-state index contributed by atoms with van der Waals surface area (Å²) in [5, 5.41) is 0.619. The van der Waals surface area contributed by atoms with Crippen LogP contribution in [0.5, 0.6) is 5.88 Å². The minimum atomic E-state index is -0.690. The van der Waals surface area contributed by atoms with Crippen molar-refractivity contribution in [1.29, 1.82) is 0 Å². The lowest BCUT2D eigenvalue weighted by Crippen LogP contribution is -2.59. The summed E-state index contributed by atoms with van der Waals surface area (Å²) >= 11 is 0. The minimum absolute atomic E-state index is 0.0336. The fraction of sp³-hybridized carbons (Fsp3) is 0.458. The molecule has 3 aromatic rings. The highest BCUT2D eigenvalue weighted by molar-refractivity contribution is 5.83. The molecule has 2 unspecified atom stereocenters. The van der Waals surface area contributed by atoms with Gasteiger partial charge in [0.2, 0.25) is 5.88 Å². The summed E-state index contributed by atoms with van der Waals surface area (Å²) < 4.78 is 47.1. The third-order valence-electron chi connectivity index (χ3n) is 6.91. The van der Waals surface area contributed by atoms with Crippen molar-refractivity contribution in [2.75, 3.05) is 26.3 Å². The molecule has 6 rings (SSSR count). The number of benzene rings is 1. The highest BCUT2D eigenvalue weighted by Crippen LogP contribution is 2.40. The van der Waals surface area contributed by atoms with Crippen molar-refractivity contribution in [2.24, 2.45) is 11.8 Å². The van der Waals surface area contributed by atoms with Gasteiger partial charge < -0.3 is 19.1 Å². The van der Waals surface area contributed by atoms with Gasteiger partial charge in [-0.3, -0.25) is 4.57 Å². The summed E-state index contributed by atoms with van der Waals surface area (Å²) in [7, 11) is 0. The number of fused-ring (bicyclic) bond motifs is 3. The van der Waals surface area contributed by atoms with Crippen molar-refractivity contribution in [3.8, 4) is 11.6 Å². The smallest absolute Gasteiger partial charge is 0.410 e. The van der Waals surface area contributed by atoms with Gasteiger partial charge in [-0.05, 0) is 38.0 Å². The Hall–Kier alpha value is -3.27. The third kappa shape index (κ3) is 3.75. The summed E-state index contributed by atoms with van der Waals surface area (Å²) in [6.07, 6.45) is 4.35. The summed E-state index contributed by atoms with van der Waals surface area (Å²) in [4.78, 5) is 23.0. The maximum atomic E-state index is 14.4. The van der Waals surface area contributed by atoms with E-state index < -0.39 is 11.6 Å². The zero-order chi connectivity index (χ0) is 23.4. The van der Waals surface area contributed by atoms with E-state index in [-0.39, 0.29) is 35.3 Å². The predicted molar refractivity (Wildman–Crippen MR) is 117 cm³/mol. The first-order valence-corrected chi connectivity index (χ1v) is 11.4. The Bertz CT molecular complexity index is 1250. The fourth-order valence-corrected chi connectivity index (χ4v) is 4.82. The molecule has 1 aliphatic carbocycles. The molecule has 0 radical (unpaired) electrons. The highest BCUT2D eigenvalue weighted by atomic mass is 19.1. The molecule has 3 aliphatic rings. The van der Waals surface area contributed by atoms with Crippen LogP contribution in [0.4, 0.5) is 13.6 Å². The standard InChI is InChI=1S/C24H24F2N4O4/c1-24(5-6-24)34-23(31)29-9-14-11-32-12-15(10-29)20(14)33-22-17-4-7-30(21(17)27-13-28-22)19-3-2-16(25)8-18(19)26/h2-4,7-8,13-15,20H,5-6,9-12H2,1H3. The van der Waals surface area contributed by atoms with Gasteiger partial charge in [-0.1, -0.05) is 0 Å². The molecule has 2 saturated heterocycles. The van der Waals surface area contributed by atoms with E-state index in [1.807, 2.05) is 6.92 Å². The zero-order valence-electron chi connectivity index (χ0n) is 18.6. The van der Waals surface area contributed by atoms with E-state index in [0.717, 1.165) is 18.9 Å². The SMILES string of the molecule is CC1(OC(=O)N2CC3COCC(C2)C3Oc2ncnc3c2ccn3-c2ccc(F)cc2F)CC1.